The molecule has 5 rings (SSSR count). The van der Waals surface area contributed by atoms with E-state index in [9.17, 15) is 14.4 Å². The lowest BCUT2D eigenvalue weighted by molar-refractivity contribution is -0.128. The second-order valence-corrected chi connectivity index (χ2v) is 11.3. The van der Waals surface area contributed by atoms with Gasteiger partial charge in [-0.1, -0.05) is 67.8 Å². The van der Waals surface area contributed by atoms with Crippen molar-refractivity contribution in [2.24, 2.45) is 5.92 Å². The van der Waals surface area contributed by atoms with Crippen molar-refractivity contribution in [3.63, 3.8) is 0 Å². The first-order valence-corrected chi connectivity index (χ1v) is 14.5. The van der Waals surface area contributed by atoms with Gasteiger partial charge in [-0.25, -0.2) is 0 Å². The Labute approximate surface area is 236 Å². The second kappa shape index (κ2) is 12.2. The molecule has 0 aromatic heterocycles. The van der Waals surface area contributed by atoms with Gasteiger partial charge >= 0.3 is 0 Å². The second-order valence-electron chi connectivity index (χ2n) is 11.3. The van der Waals surface area contributed by atoms with E-state index in [1.165, 1.54) is 6.42 Å². The maximum Gasteiger partial charge on any atom is 0.251 e. The van der Waals surface area contributed by atoms with Crippen LogP contribution in [-0.2, 0) is 20.9 Å². The quantitative estimate of drug-likeness (QED) is 0.437. The van der Waals surface area contributed by atoms with Crippen LogP contribution in [0.25, 0.3) is 10.8 Å². The number of fused-ring (bicyclic) bond motifs is 2. The number of hydrogen-bond acceptors (Lipinski definition) is 4. The van der Waals surface area contributed by atoms with E-state index in [1.54, 1.807) is 23.8 Å². The van der Waals surface area contributed by atoms with Gasteiger partial charge in [0.1, 0.15) is 6.04 Å². The van der Waals surface area contributed by atoms with Crippen LogP contribution in [0.4, 0.5) is 11.4 Å². The Kier molecular flexibility index (Phi) is 8.50. The molecule has 1 saturated carbocycles. The van der Waals surface area contributed by atoms with E-state index in [0.717, 1.165) is 47.6 Å². The molecule has 0 saturated heterocycles. The number of aryl methyl sites for hydroxylation is 1. The lowest BCUT2D eigenvalue weighted by atomic mass is 9.86. The van der Waals surface area contributed by atoms with Crippen LogP contribution in [0.15, 0.2) is 60.7 Å². The Bertz CT molecular complexity index is 1400. The minimum atomic E-state index is -0.874. The zero-order valence-corrected chi connectivity index (χ0v) is 23.8. The van der Waals surface area contributed by atoms with E-state index in [2.05, 4.69) is 41.8 Å². The summed E-state index contributed by atoms with van der Waals surface area (Å²) in [5.41, 5.74) is 3.54. The zero-order chi connectivity index (χ0) is 28.2. The first-order chi connectivity index (χ1) is 19.4. The maximum atomic E-state index is 14.3. The fourth-order valence-electron chi connectivity index (χ4n) is 6.08. The molecule has 1 heterocycles. The van der Waals surface area contributed by atoms with E-state index in [-0.39, 0.29) is 24.3 Å². The van der Waals surface area contributed by atoms with Gasteiger partial charge in [-0.05, 0) is 73.7 Å². The van der Waals surface area contributed by atoms with Crippen LogP contribution in [0.2, 0.25) is 0 Å². The number of nitrogens with zero attached hydrogens (tertiary/aromatic N) is 2. The molecule has 2 aliphatic rings. The molecule has 0 spiro atoms. The Morgan fingerprint density at radius 2 is 1.65 bits per heavy atom. The van der Waals surface area contributed by atoms with E-state index in [0.29, 0.717) is 30.3 Å². The number of anilines is 2. The number of para-hydroxylation sites is 2. The molecular formula is C33H40N4O3. The summed E-state index contributed by atoms with van der Waals surface area (Å²) in [4.78, 5) is 44.7. The smallest absolute Gasteiger partial charge is 0.251 e. The van der Waals surface area contributed by atoms with E-state index >= 15 is 0 Å². The average Bonchev–Trinajstić information content (AvgIpc) is 3.09. The highest BCUT2D eigenvalue weighted by Gasteiger charge is 2.38. The van der Waals surface area contributed by atoms with Gasteiger partial charge < -0.3 is 20.4 Å². The number of likely N-dealkylation sites (N-methyl/N-ethyl adjacent to an activating group) is 1. The molecule has 2 N–H and O–H groups in total. The van der Waals surface area contributed by atoms with Crippen LogP contribution in [-0.4, -0.2) is 43.4 Å². The van der Waals surface area contributed by atoms with E-state index in [4.69, 9.17) is 0 Å². The van der Waals surface area contributed by atoms with Crippen molar-refractivity contribution in [1.82, 2.24) is 10.6 Å². The van der Waals surface area contributed by atoms with Crippen LogP contribution >= 0.6 is 0 Å². The summed E-state index contributed by atoms with van der Waals surface area (Å²) in [6, 6.07) is 18.7. The number of carbonyl (C=O) groups is 3. The fraction of sp³-hybridized carbons (Fsp3) is 0.424. The summed E-state index contributed by atoms with van der Waals surface area (Å²) >= 11 is 0. The number of carbonyl (C=O) groups excluding carboxylic acids is 3. The van der Waals surface area contributed by atoms with Crippen molar-refractivity contribution < 1.29 is 14.4 Å². The van der Waals surface area contributed by atoms with E-state index < -0.39 is 12.1 Å². The SMILES string of the molecule is CNC(C)C(=O)N[C@H]1CN(C(=O)CC2CCCCC2)c2ccccc2N(Cc2c(C)ccc3ccccc23)C1=O. The molecule has 40 heavy (non-hydrogen) atoms. The van der Waals surface area contributed by atoms with Crippen molar-refractivity contribution in [2.45, 2.75) is 71.0 Å². The van der Waals surface area contributed by atoms with Gasteiger partial charge in [0.25, 0.3) is 5.91 Å². The highest BCUT2D eigenvalue weighted by atomic mass is 16.2. The Balaban J connectivity index is 1.56. The first-order valence-electron chi connectivity index (χ1n) is 14.5. The molecule has 1 aliphatic heterocycles. The first kappa shape index (κ1) is 27.8. The third-order valence-electron chi connectivity index (χ3n) is 8.62. The molecule has 3 aromatic carbocycles. The lowest BCUT2D eigenvalue weighted by Crippen LogP contribution is -2.55. The molecule has 1 unspecified atom stereocenters. The predicted octanol–water partition coefficient (Wildman–Crippen LogP) is 5.09. The topological polar surface area (TPSA) is 81.8 Å². The summed E-state index contributed by atoms with van der Waals surface area (Å²) in [5, 5.41) is 8.11. The predicted molar refractivity (Wildman–Crippen MR) is 160 cm³/mol. The Hall–Kier alpha value is -3.71. The normalized spacial score (nSPS) is 18.8. The summed E-state index contributed by atoms with van der Waals surface area (Å²) in [6.07, 6.45) is 6.13. The number of rotatable bonds is 7. The number of amides is 3. The summed E-state index contributed by atoms with van der Waals surface area (Å²) in [7, 11) is 1.71. The standard InChI is InChI=1S/C33H40N4O3/c1-22-17-18-25-13-7-8-14-26(25)27(22)20-37-30-16-10-9-15-29(30)36(31(38)19-24-11-5-4-6-12-24)21-28(33(37)40)35-32(39)23(2)34-3/h7-10,13-18,23-24,28,34H,4-6,11-12,19-21H2,1-3H3,(H,35,39)/t23?,28-/m0/s1. The molecule has 3 aromatic rings. The number of hydrogen-bond donors (Lipinski definition) is 2. The van der Waals surface area contributed by atoms with E-state index in [1.807, 2.05) is 36.4 Å². The molecule has 3 amide bonds. The highest BCUT2D eigenvalue weighted by Crippen LogP contribution is 2.37. The molecule has 2 atom stereocenters. The molecule has 7 nitrogen and oxygen atoms in total. The minimum Gasteiger partial charge on any atom is -0.341 e. The van der Waals surface area contributed by atoms with Crippen LogP contribution in [0.1, 0.15) is 56.6 Å². The van der Waals surface area contributed by atoms with Gasteiger partial charge in [0, 0.05) is 6.42 Å². The third-order valence-corrected chi connectivity index (χ3v) is 8.62. The van der Waals surface area contributed by atoms with Gasteiger partial charge in [0.15, 0.2) is 0 Å². The molecule has 210 valence electrons. The fourth-order valence-corrected chi connectivity index (χ4v) is 6.08. The maximum absolute atomic E-state index is 14.3. The van der Waals surface area contributed by atoms with Crippen molar-refractivity contribution >= 4 is 39.9 Å². The van der Waals surface area contributed by atoms with Crippen LogP contribution in [0.3, 0.4) is 0 Å². The van der Waals surface area contributed by atoms with Crippen molar-refractivity contribution in [3.8, 4) is 0 Å². The zero-order valence-electron chi connectivity index (χ0n) is 23.8. The van der Waals surface area contributed by atoms with Gasteiger partial charge in [-0.2, -0.15) is 0 Å². The average molecular weight is 541 g/mol. The minimum absolute atomic E-state index is 0.0104. The summed E-state index contributed by atoms with van der Waals surface area (Å²) < 4.78 is 0. The van der Waals surface area contributed by atoms with Gasteiger partial charge in [0.05, 0.1) is 30.5 Å². The van der Waals surface area contributed by atoms with Gasteiger partial charge in [-0.15, -0.1) is 0 Å². The summed E-state index contributed by atoms with van der Waals surface area (Å²) in [5.74, 6) is -0.118. The number of benzene rings is 3. The van der Waals surface area contributed by atoms with Crippen LogP contribution in [0, 0.1) is 12.8 Å². The molecule has 0 bridgehead atoms. The van der Waals surface area contributed by atoms with Gasteiger partial charge in [0.2, 0.25) is 11.8 Å². The van der Waals surface area contributed by atoms with Crippen LogP contribution in [0.5, 0.6) is 0 Å². The lowest BCUT2D eigenvalue weighted by Gasteiger charge is -2.28. The monoisotopic (exact) mass is 540 g/mol. The summed E-state index contributed by atoms with van der Waals surface area (Å²) in [6.45, 7) is 4.26. The molecule has 7 heteroatoms. The van der Waals surface area contributed by atoms with Crippen molar-refractivity contribution in [3.05, 3.63) is 71.8 Å². The van der Waals surface area contributed by atoms with Crippen molar-refractivity contribution in [2.75, 3.05) is 23.4 Å². The Morgan fingerprint density at radius 3 is 2.40 bits per heavy atom. The Morgan fingerprint density at radius 1 is 0.950 bits per heavy atom. The number of nitrogens with one attached hydrogen (secondary N) is 2. The largest absolute Gasteiger partial charge is 0.341 e. The molecule has 0 radical (unpaired) electrons. The van der Waals surface area contributed by atoms with Gasteiger partial charge in [-0.3, -0.25) is 14.4 Å². The van der Waals surface area contributed by atoms with Crippen LogP contribution < -0.4 is 20.4 Å². The highest BCUT2D eigenvalue weighted by molar-refractivity contribution is 6.08. The van der Waals surface area contributed by atoms with Crippen molar-refractivity contribution in [1.29, 1.82) is 0 Å². The molecular weight excluding hydrogens is 500 g/mol. The molecule has 1 aliphatic carbocycles. The molecule has 1 fully saturated rings. The third kappa shape index (κ3) is 5.75.